The number of hydrogen-bond acceptors (Lipinski definition) is 5. The van der Waals surface area contributed by atoms with Crippen LogP contribution in [0.2, 0.25) is 0 Å². The molecule has 0 radical (unpaired) electrons. The number of nitrogens with one attached hydrogen (secondary N) is 3. The molecule has 7 nitrogen and oxygen atoms in total. The van der Waals surface area contributed by atoms with Crippen molar-refractivity contribution in [1.82, 2.24) is 15.8 Å². The topological polar surface area (TPSA) is 82.7 Å². The molecule has 0 bridgehead atoms. The van der Waals surface area contributed by atoms with Gasteiger partial charge in [-0.25, -0.2) is 4.39 Å². The summed E-state index contributed by atoms with van der Waals surface area (Å²) in [5.41, 5.74) is 8.44. The van der Waals surface area contributed by atoms with Crippen LogP contribution in [-0.2, 0) is 4.79 Å². The summed E-state index contributed by atoms with van der Waals surface area (Å²) >= 11 is 0. The molecule has 0 spiro atoms. The van der Waals surface area contributed by atoms with E-state index in [1.807, 2.05) is 18.2 Å². The van der Waals surface area contributed by atoms with E-state index in [0.29, 0.717) is 23.9 Å². The van der Waals surface area contributed by atoms with E-state index >= 15 is 0 Å². The smallest absolute Gasteiger partial charge is 0.262 e. The number of anilines is 1. The molecule has 0 aromatic heterocycles. The molecular weight excluding hydrogens is 459 g/mol. The van der Waals surface area contributed by atoms with Gasteiger partial charge in [-0.1, -0.05) is 54.6 Å². The highest BCUT2D eigenvalue weighted by molar-refractivity contribution is 5.97. The average molecular weight is 491 g/mol. The van der Waals surface area contributed by atoms with Gasteiger partial charge in [0.1, 0.15) is 11.6 Å². The summed E-state index contributed by atoms with van der Waals surface area (Å²) in [5.74, 6) is -0.908. The standard InChI is InChI=1S/C28H31FN4O3/c1-33(17-9-12-21-18-25(32-31-21)20-10-3-2-4-11-20)28(35)22-13-5-8-16-26(22)36-19-27(34)30-24-15-7-6-14-23(24)29/h2-8,10-11,13-16,21,25,31-32H,9,12,17-19H2,1H3,(H,30,34). The molecule has 1 fully saturated rings. The van der Waals surface area contributed by atoms with E-state index in [1.165, 1.54) is 17.7 Å². The third-order valence-electron chi connectivity index (χ3n) is 6.20. The highest BCUT2D eigenvalue weighted by Gasteiger charge is 2.25. The lowest BCUT2D eigenvalue weighted by molar-refractivity contribution is -0.118. The minimum atomic E-state index is -0.526. The van der Waals surface area contributed by atoms with Gasteiger partial charge in [0.2, 0.25) is 0 Å². The normalized spacial score (nSPS) is 16.9. The first-order valence-electron chi connectivity index (χ1n) is 12.1. The fraction of sp³-hybridized carbons (Fsp3) is 0.286. The van der Waals surface area contributed by atoms with E-state index in [4.69, 9.17) is 4.74 Å². The Morgan fingerprint density at radius 3 is 2.53 bits per heavy atom. The Morgan fingerprint density at radius 2 is 1.72 bits per heavy atom. The number of benzene rings is 3. The molecule has 2 unspecified atom stereocenters. The molecular formula is C28H31FN4O3. The van der Waals surface area contributed by atoms with E-state index in [1.54, 1.807) is 48.3 Å². The van der Waals surface area contributed by atoms with Crippen LogP contribution in [0.4, 0.5) is 10.1 Å². The van der Waals surface area contributed by atoms with Gasteiger partial charge in [-0.3, -0.25) is 20.4 Å². The molecule has 1 saturated heterocycles. The zero-order valence-corrected chi connectivity index (χ0v) is 20.2. The molecule has 188 valence electrons. The number of nitrogens with zero attached hydrogens (tertiary/aromatic N) is 1. The molecule has 3 N–H and O–H groups in total. The Kier molecular flexibility index (Phi) is 8.65. The zero-order valence-electron chi connectivity index (χ0n) is 20.2. The quantitative estimate of drug-likeness (QED) is 0.395. The van der Waals surface area contributed by atoms with Crippen LogP contribution >= 0.6 is 0 Å². The first-order valence-corrected chi connectivity index (χ1v) is 12.1. The lowest BCUT2D eigenvalue weighted by Crippen LogP contribution is -2.32. The van der Waals surface area contributed by atoms with Crippen molar-refractivity contribution in [2.24, 2.45) is 0 Å². The number of para-hydroxylation sites is 2. The van der Waals surface area contributed by atoms with E-state index in [9.17, 15) is 14.0 Å². The number of carbonyl (C=O) groups is 2. The van der Waals surface area contributed by atoms with Gasteiger partial charge in [-0.15, -0.1) is 0 Å². The Bertz CT molecular complexity index is 1170. The summed E-state index contributed by atoms with van der Waals surface area (Å²) < 4.78 is 19.4. The number of rotatable bonds is 10. The highest BCUT2D eigenvalue weighted by atomic mass is 19.1. The van der Waals surface area contributed by atoms with Gasteiger partial charge >= 0.3 is 0 Å². The van der Waals surface area contributed by atoms with Crippen molar-refractivity contribution < 1.29 is 18.7 Å². The predicted octanol–water partition coefficient (Wildman–Crippen LogP) is 4.30. The minimum absolute atomic E-state index is 0.0808. The molecule has 8 heteroatoms. The van der Waals surface area contributed by atoms with Crippen molar-refractivity contribution in [2.45, 2.75) is 31.3 Å². The van der Waals surface area contributed by atoms with Crippen LogP contribution < -0.4 is 20.9 Å². The van der Waals surface area contributed by atoms with Crippen molar-refractivity contribution in [3.63, 3.8) is 0 Å². The van der Waals surface area contributed by atoms with Gasteiger partial charge in [0.05, 0.1) is 11.3 Å². The molecule has 2 amide bonds. The van der Waals surface area contributed by atoms with E-state index in [-0.39, 0.29) is 24.2 Å². The van der Waals surface area contributed by atoms with E-state index in [0.717, 1.165) is 19.3 Å². The van der Waals surface area contributed by atoms with Gasteiger partial charge in [-0.05, 0) is 49.1 Å². The summed E-state index contributed by atoms with van der Waals surface area (Å²) in [5, 5.41) is 2.47. The number of halogens is 1. The lowest BCUT2D eigenvalue weighted by Gasteiger charge is -2.20. The maximum atomic E-state index is 13.8. The van der Waals surface area contributed by atoms with Crippen molar-refractivity contribution in [3.05, 3.63) is 95.8 Å². The van der Waals surface area contributed by atoms with Gasteiger partial charge in [0.15, 0.2) is 6.61 Å². The van der Waals surface area contributed by atoms with Gasteiger partial charge in [0.25, 0.3) is 11.8 Å². The summed E-state index contributed by atoms with van der Waals surface area (Å²) in [7, 11) is 1.76. The first-order chi connectivity index (χ1) is 17.5. The van der Waals surface area contributed by atoms with Crippen molar-refractivity contribution in [3.8, 4) is 5.75 Å². The van der Waals surface area contributed by atoms with Gasteiger partial charge in [-0.2, -0.15) is 0 Å². The summed E-state index contributed by atoms with van der Waals surface area (Å²) in [4.78, 5) is 27.0. The van der Waals surface area contributed by atoms with Crippen LogP contribution in [0.15, 0.2) is 78.9 Å². The number of amides is 2. The molecule has 1 aliphatic rings. The first kappa shape index (κ1) is 25.3. The van der Waals surface area contributed by atoms with Crippen LogP contribution in [0, 0.1) is 5.82 Å². The fourth-order valence-electron chi connectivity index (χ4n) is 4.26. The third kappa shape index (κ3) is 6.68. The van der Waals surface area contributed by atoms with Crippen LogP contribution in [0.25, 0.3) is 0 Å². The largest absolute Gasteiger partial charge is 0.483 e. The Balaban J connectivity index is 1.25. The Labute approximate surface area is 210 Å². The van der Waals surface area contributed by atoms with E-state index in [2.05, 4.69) is 28.3 Å². The average Bonchev–Trinajstić information content (AvgIpc) is 3.38. The van der Waals surface area contributed by atoms with Crippen LogP contribution in [0.5, 0.6) is 5.75 Å². The van der Waals surface area contributed by atoms with Crippen LogP contribution in [-0.4, -0.2) is 43.0 Å². The number of carbonyl (C=O) groups excluding carboxylic acids is 2. The van der Waals surface area contributed by atoms with Crippen LogP contribution in [0.1, 0.15) is 41.2 Å². The molecule has 1 heterocycles. The van der Waals surface area contributed by atoms with Crippen molar-refractivity contribution >= 4 is 17.5 Å². The zero-order chi connectivity index (χ0) is 25.3. The van der Waals surface area contributed by atoms with E-state index < -0.39 is 11.7 Å². The predicted molar refractivity (Wildman–Crippen MR) is 137 cm³/mol. The molecule has 0 aliphatic carbocycles. The maximum absolute atomic E-state index is 13.8. The second-order valence-corrected chi connectivity index (χ2v) is 8.87. The monoisotopic (exact) mass is 490 g/mol. The fourth-order valence-corrected chi connectivity index (χ4v) is 4.26. The van der Waals surface area contributed by atoms with Crippen molar-refractivity contribution in [2.75, 3.05) is 25.5 Å². The molecule has 36 heavy (non-hydrogen) atoms. The SMILES string of the molecule is CN(CCCC1CC(c2ccccc2)NN1)C(=O)c1ccccc1OCC(=O)Nc1ccccc1F. The minimum Gasteiger partial charge on any atom is -0.483 e. The molecule has 0 saturated carbocycles. The highest BCUT2D eigenvalue weighted by Crippen LogP contribution is 2.24. The summed E-state index contributed by atoms with van der Waals surface area (Å²) in [6, 6.07) is 23.7. The van der Waals surface area contributed by atoms with Gasteiger partial charge in [0, 0.05) is 25.7 Å². The Morgan fingerprint density at radius 1 is 1.00 bits per heavy atom. The molecule has 1 aliphatic heterocycles. The summed E-state index contributed by atoms with van der Waals surface area (Å²) in [6.07, 6.45) is 2.77. The molecule has 4 rings (SSSR count). The number of hydrogen-bond donors (Lipinski definition) is 3. The van der Waals surface area contributed by atoms with Gasteiger partial charge < -0.3 is 15.0 Å². The summed E-state index contributed by atoms with van der Waals surface area (Å²) in [6.45, 7) is 0.250. The lowest BCUT2D eigenvalue weighted by atomic mass is 10.00. The molecule has 2 atom stereocenters. The number of hydrazine groups is 1. The Hall–Kier alpha value is -3.75. The second-order valence-electron chi connectivity index (χ2n) is 8.87. The maximum Gasteiger partial charge on any atom is 0.262 e. The molecule has 3 aromatic rings. The second kappa shape index (κ2) is 12.3. The van der Waals surface area contributed by atoms with Crippen molar-refractivity contribution in [1.29, 1.82) is 0 Å². The number of ether oxygens (including phenoxy) is 1. The van der Waals surface area contributed by atoms with Crippen LogP contribution in [0.3, 0.4) is 0 Å². The third-order valence-corrected chi connectivity index (χ3v) is 6.20. The molecule has 3 aromatic carbocycles.